The summed E-state index contributed by atoms with van der Waals surface area (Å²) in [6.45, 7) is 0.253. The molecule has 0 spiro atoms. The van der Waals surface area contributed by atoms with Crippen LogP contribution in [0.2, 0.25) is 0 Å². The number of amides is 5. The van der Waals surface area contributed by atoms with Crippen LogP contribution in [0.3, 0.4) is 0 Å². The van der Waals surface area contributed by atoms with Crippen LogP contribution in [0.4, 0.5) is 5.69 Å². The minimum Gasteiger partial charge on any atom is -0.370 e. The normalized spacial score (nSPS) is 16.4. The molecular formula is C31H39N5O5. The molecule has 2 heterocycles. The Morgan fingerprint density at radius 2 is 1.59 bits per heavy atom. The highest BCUT2D eigenvalue weighted by molar-refractivity contribution is 6.05. The number of anilines is 1. The Balaban J connectivity index is 1.35. The minimum absolute atomic E-state index is 0.0560. The lowest BCUT2D eigenvalue weighted by Crippen LogP contribution is -2.54. The molecule has 4 rings (SSSR count). The second-order valence-electron chi connectivity index (χ2n) is 10.9. The van der Waals surface area contributed by atoms with Crippen molar-refractivity contribution in [3.05, 3.63) is 64.7 Å². The number of primary amides is 2. The third-order valence-corrected chi connectivity index (χ3v) is 7.77. The molecule has 0 aliphatic carbocycles. The summed E-state index contributed by atoms with van der Waals surface area (Å²) in [4.78, 5) is 63.6. The van der Waals surface area contributed by atoms with E-state index in [-0.39, 0.29) is 31.2 Å². The summed E-state index contributed by atoms with van der Waals surface area (Å²) in [6, 6.07) is 12.0. The second kappa shape index (κ2) is 13.9. The Morgan fingerprint density at radius 1 is 0.878 bits per heavy atom. The maximum Gasteiger partial charge on any atom is 0.244 e. The number of hydrogen-bond acceptors (Lipinski definition) is 5. The maximum atomic E-state index is 13.5. The van der Waals surface area contributed by atoms with Gasteiger partial charge in [-0.05, 0) is 60.8 Å². The number of hydrogen-bond donors (Lipinski definition) is 4. The zero-order chi connectivity index (χ0) is 29.4. The molecule has 0 saturated carbocycles. The Labute approximate surface area is 240 Å². The van der Waals surface area contributed by atoms with Crippen LogP contribution in [0.5, 0.6) is 0 Å². The highest BCUT2D eigenvalue weighted by Crippen LogP contribution is 2.38. The van der Waals surface area contributed by atoms with Gasteiger partial charge in [0, 0.05) is 32.2 Å². The standard InChI is InChI=1S/C31H39N5O5/c32-26(37)10-3-1-2-6-20-12-14-21(15-13-20)19-34-30(40)24(16-17-27(33)38)35-31(41)25-18-23-9-4-7-22-8-5-11-28(39)36(25)29(22)23/h4,7,9,12-15,24-25H,1-3,5-6,8,10-11,16-19H2,(H2,32,37)(H2,33,38)(H,34,40)(H,35,41)/t24-,25-/m0/s1. The molecule has 2 aromatic rings. The summed E-state index contributed by atoms with van der Waals surface area (Å²) in [5, 5.41) is 5.66. The fourth-order valence-corrected chi connectivity index (χ4v) is 5.60. The van der Waals surface area contributed by atoms with Gasteiger partial charge in [-0.25, -0.2) is 0 Å². The first-order chi connectivity index (χ1) is 19.7. The number of aryl methyl sites for hydroxylation is 2. The third kappa shape index (κ3) is 7.93. The molecule has 0 aromatic heterocycles. The zero-order valence-corrected chi connectivity index (χ0v) is 23.3. The lowest BCUT2D eigenvalue weighted by atomic mass is 10.0. The number of nitrogens with zero attached hydrogens (tertiary/aromatic N) is 1. The van der Waals surface area contributed by atoms with Gasteiger partial charge in [-0.1, -0.05) is 48.9 Å². The molecule has 0 fully saturated rings. The first-order valence-electron chi connectivity index (χ1n) is 14.4. The molecule has 2 aromatic carbocycles. The molecule has 0 bridgehead atoms. The Morgan fingerprint density at radius 3 is 2.32 bits per heavy atom. The van der Waals surface area contributed by atoms with Crippen LogP contribution < -0.4 is 27.0 Å². The van der Waals surface area contributed by atoms with Crippen LogP contribution in [-0.2, 0) is 49.8 Å². The maximum absolute atomic E-state index is 13.5. The quantitative estimate of drug-likeness (QED) is 0.259. The van der Waals surface area contributed by atoms with Crippen LogP contribution in [0, 0.1) is 0 Å². The van der Waals surface area contributed by atoms with Crippen LogP contribution in [0.25, 0.3) is 0 Å². The van der Waals surface area contributed by atoms with Gasteiger partial charge in [0.2, 0.25) is 29.5 Å². The van der Waals surface area contributed by atoms with Gasteiger partial charge < -0.3 is 22.1 Å². The van der Waals surface area contributed by atoms with Crippen LogP contribution in [0.15, 0.2) is 42.5 Å². The molecule has 0 radical (unpaired) electrons. The van der Waals surface area contributed by atoms with Gasteiger partial charge in [-0.15, -0.1) is 0 Å². The first kappa shape index (κ1) is 29.8. The summed E-state index contributed by atoms with van der Waals surface area (Å²) in [5.41, 5.74) is 15.4. The number of para-hydroxylation sites is 1. The van der Waals surface area contributed by atoms with E-state index in [4.69, 9.17) is 11.5 Å². The van der Waals surface area contributed by atoms with E-state index < -0.39 is 29.8 Å². The van der Waals surface area contributed by atoms with Gasteiger partial charge in [-0.2, -0.15) is 0 Å². The van der Waals surface area contributed by atoms with E-state index >= 15 is 0 Å². The number of nitrogens with two attached hydrogens (primary N) is 2. The molecule has 5 amide bonds. The van der Waals surface area contributed by atoms with Crippen molar-refractivity contribution < 1.29 is 24.0 Å². The number of benzene rings is 2. The van der Waals surface area contributed by atoms with Gasteiger partial charge in [0.25, 0.3) is 0 Å². The monoisotopic (exact) mass is 561 g/mol. The van der Waals surface area contributed by atoms with E-state index in [2.05, 4.69) is 10.6 Å². The average molecular weight is 562 g/mol. The smallest absolute Gasteiger partial charge is 0.244 e. The van der Waals surface area contributed by atoms with E-state index in [0.717, 1.165) is 66.5 Å². The van der Waals surface area contributed by atoms with Crippen molar-refractivity contribution >= 4 is 35.2 Å². The minimum atomic E-state index is -0.972. The molecule has 10 heteroatoms. The number of carbonyl (C=O) groups is 5. The third-order valence-electron chi connectivity index (χ3n) is 7.77. The first-order valence-corrected chi connectivity index (χ1v) is 14.4. The highest BCUT2D eigenvalue weighted by atomic mass is 16.2. The van der Waals surface area contributed by atoms with E-state index in [1.165, 1.54) is 0 Å². The van der Waals surface area contributed by atoms with Crippen molar-refractivity contribution in [2.75, 3.05) is 4.90 Å². The molecule has 0 saturated heterocycles. The number of rotatable bonds is 14. The van der Waals surface area contributed by atoms with Gasteiger partial charge in [0.1, 0.15) is 12.1 Å². The Bertz CT molecular complexity index is 1290. The molecule has 218 valence electrons. The molecule has 41 heavy (non-hydrogen) atoms. The van der Waals surface area contributed by atoms with Gasteiger partial charge in [-0.3, -0.25) is 28.9 Å². The van der Waals surface area contributed by atoms with Crippen molar-refractivity contribution in [2.24, 2.45) is 11.5 Å². The summed E-state index contributed by atoms with van der Waals surface area (Å²) < 4.78 is 0. The van der Waals surface area contributed by atoms with E-state index in [1.54, 1.807) is 4.90 Å². The number of carbonyl (C=O) groups excluding carboxylic acids is 5. The molecule has 0 unspecified atom stereocenters. The lowest BCUT2D eigenvalue weighted by Gasteiger charge is -2.27. The van der Waals surface area contributed by atoms with Crippen LogP contribution in [0.1, 0.15) is 73.6 Å². The summed E-state index contributed by atoms with van der Waals surface area (Å²) >= 11 is 0. The van der Waals surface area contributed by atoms with Crippen molar-refractivity contribution in [1.82, 2.24) is 10.6 Å². The molecular weight excluding hydrogens is 522 g/mol. The number of unbranched alkanes of at least 4 members (excludes halogenated alkanes) is 2. The summed E-state index contributed by atoms with van der Waals surface area (Å²) in [5.74, 6) is -1.78. The van der Waals surface area contributed by atoms with Crippen molar-refractivity contribution in [2.45, 2.75) is 89.3 Å². The lowest BCUT2D eigenvalue weighted by molar-refractivity contribution is -0.131. The largest absolute Gasteiger partial charge is 0.370 e. The SMILES string of the molecule is NC(=O)CCCCCc1ccc(CNC(=O)[C@H](CCC(N)=O)NC(=O)[C@@H]2Cc3cccc4c3N2C(=O)CCC4)cc1. The molecule has 10 nitrogen and oxygen atoms in total. The summed E-state index contributed by atoms with van der Waals surface area (Å²) in [7, 11) is 0. The molecule has 6 N–H and O–H groups in total. The number of nitrogens with one attached hydrogen (secondary N) is 2. The average Bonchev–Trinajstić information content (AvgIpc) is 3.26. The highest BCUT2D eigenvalue weighted by Gasteiger charge is 2.41. The van der Waals surface area contributed by atoms with Crippen LogP contribution >= 0.6 is 0 Å². The van der Waals surface area contributed by atoms with Gasteiger partial charge >= 0.3 is 0 Å². The topological polar surface area (TPSA) is 165 Å². The molecule has 2 aliphatic heterocycles. The Kier molecular flexibility index (Phi) is 10.1. The Hall–Kier alpha value is -4.21. The van der Waals surface area contributed by atoms with Crippen molar-refractivity contribution in [3.63, 3.8) is 0 Å². The van der Waals surface area contributed by atoms with E-state index in [1.807, 2.05) is 42.5 Å². The van der Waals surface area contributed by atoms with Crippen LogP contribution in [-0.4, -0.2) is 41.6 Å². The zero-order valence-electron chi connectivity index (χ0n) is 23.3. The predicted molar refractivity (Wildman–Crippen MR) is 154 cm³/mol. The van der Waals surface area contributed by atoms with E-state index in [9.17, 15) is 24.0 Å². The second-order valence-corrected chi connectivity index (χ2v) is 10.9. The fraction of sp³-hybridized carbons (Fsp3) is 0.452. The summed E-state index contributed by atoms with van der Waals surface area (Å²) in [6.07, 6.45) is 6.20. The van der Waals surface area contributed by atoms with Gasteiger partial charge in [0.15, 0.2) is 0 Å². The van der Waals surface area contributed by atoms with Gasteiger partial charge in [0.05, 0.1) is 5.69 Å². The molecule has 2 atom stereocenters. The molecule has 2 aliphatic rings. The predicted octanol–water partition coefficient (Wildman–Crippen LogP) is 1.94. The van der Waals surface area contributed by atoms with Crippen molar-refractivity contribution in [3.8, 4) is 0 Å². The van der Waals surface area contributed by atoms with Crippen molar-refractivity contribution in [1.29, 1.82) is 0 Å². The van der Waals surface area contributed by atoms with E-state index in [0.29, 0.717) is 19.3 Å². The fourth-order valence-electron chi connectivity index (χ4n) is 5.60.